The minimum atomic E-state index is -0.479. The first-order chi connectivity index (χ1) is 12.0. The Morgan fingerprint density at radius 1 is 1.36 bits per heavy atom. The number of non-ortho nitro benzene ring substituents is 1. The molecule has 25 heavy (non-hydrogen) atoms. The number of nitro groups is 1. The molecule has 8 heteroatoms. The van der Waals surface area contributed by atoms with E-state index < -0.39 is 4.92 Å². The Bertz CT molecular complexity index is 818. The van der Waals surface area contributed by atoms with Crippen LogP contribution in [0.25, 0.3) is 5.69 Å². The quantitative estimate of drug-likeness (QED) is 0.330. The predicted octanol–water partition coefficient (Wildman–Crippen LogP) is 2.22. The Labute approximate surface area is 145 Å². The van der Waals surface area contributed by atoms with Crippen molar-refractivity contribution in [2.24, 2.45) is 4.99 Å². The van der Waals surface area contributed by atoms with Gasteiger partial charge < -0.3 is 5.11 Å². The summed E-state index contributed by atoms with van der Waals surface area (Å²) < 4.78 is 1.38. The largest absolute Gasteiger partial charge is 0.396 e. The third-order valence-corrected chi connectivity index (χ3v) is 3.81. The molecule has 1 aromatic heterocycles. The number of hydrogen-bond donors (Lipinski definition) is 2. The van der Waals surface area contributed by atoms with Crippen LogP contribution in [0.3, 0.4) is 0 Å². The first kappa shape index (κ1) is 18.6. The highest BCUT2D eigenvalue weighted by atomic mass is 16.6. The van der Waals surface area contributed by atoms with Gasteiger partial charge >= 0.3 is 0 Å². The van der Waals surface area contributed by atoms with Gasteiger partial charge in [-0.2, -0.15) is 0 Å². The van der Waals surface area contributed by atoms with Gasteiger partial charge in [-0.25, -0.2) is 4.68 Å². The van der Waals surface area contributed by atoms with Crippen LogP contribution in [0.1, 0.15) is 37.9 Å². The van der Waals surface area contributed by atoms with E-state index in [-0.39, 0.29) is 17.9 Å². The molecule has 0 unspecified atom stereocenters. The number of aromatic nitrogens is 2. The molecular formula is C17H22N4O4. The van der Waals surface area contributed by atoms with E-state index in [4.69, 9.17) is 5.11 Å². The fourth-order valence-corrected chi connectivity index (χ4v) is 2.59. The lowest BCUT2D eigenvalue weighted by molar-refractivity contribution is -0.384. The van der Waals surface area contributed by atoms with E-state index >= 15 is 0 Å². The van der Waals surface area contributed by atoms with Gasteiger partial charge in [0.25, 0.3) is 11.2 Å². The van der Waals surface area contributed by atoms with Crippen LogP contribution in [0.15, 0.2) is 34.1 Å². The lowest BCUT2D eigenvalue weighted by Gasteiger charge is -2.01. The van der Waals surface area contributed by atoms with E-state index in [1.165, 1.54) is 28.9 Å². The molecule has 0 aliphatic rings. The average Bonchev–Trinajstić information content (AvgIpc) is 2.92. The number of nitrogens with one attached hydrogen (secondary N) is 1. The molecule has 0 fully saturated rings. The monoisotopic (exact) mass is 346 g/mol. The number of aliphatic hydroxyl groups excluding tert-OH is 1. The molecule has 0 saturated heterocycles. The molecule has 0 atom stereocenters. The molecule has 8 nitrogen and oxygen atoms in total. The number of aromatic amines is 1. The molecular weight excluding hydrogens is 324 g/mol. The Morgan fingerprint density at radius 3 is 2.60 bits per heavy atom. The van der Waals surface area contributed by atoms with E-state index in [0.29, 0.717) is 36.3 Å². The highest BCUT2D eigenvalue weighted by molar-refractivity contribution is 5.99. The van der Waals surface area contributed by atoms with Crippen LogP contribution in [0, 0.1) is 10.1 Å². The number of nitrogens with zero attached hydrogens (tertiary/aromatic N) is 3. The highest BCUT2D eigenvalue weighted by Crippen LogP contribution is 2.15. The van der Waals surface area contributed by atoms with E-state index in [1.807, 2.05) is 6.92 Å². The van der Waals surface area contributed by atoms with Crippen LogP contribution in [-0.4, -0.2) is 38.7 Å². The van der Waals surface area contributed by atoms with Crippen LogP contribution in [0.2, 0.25) is 0 Å². The highest BCUT2D eigenvalue weighted by Gasteiger charge is 2.17. The number of hydrogen-bond acceptors (Lipinski definition) is 5. The number of benzene rings is 1. The van der Waals surface area contributed by atoms with Gasteiger partial charge in [-0.1, -0.05) is 13.3 Å². The van der Waals surface area contributed by atoms with Gasteiger partial charge in [-0.05, 0) is 31.9 Å². The van der Waals surface area contributed by atoms with Crippen molar-refractivity contribution in [3.8, 4) is 5.69 Å². The Balaban J connectivity index is 2.46. The molecule has 0 saturated carbocycles. The minimum Gasteiger partial charge on any atom is -0.396 e. The summed E-state index contributed by atoms with van der Waals surface area (Å²) in [7, 11) is 0. The zero-order valence-corrected chi connectivity index (χ0v) is 14.4. The molecule has 0 amide bonds. The summed E-state index contributed by atoms with van der Waals surface area (Å²) in [5.74, 6) is 0. The van der Waals surface area contributed by atoms with Gasteiger partial charge in [0, 0.05) is 36.7 Å². The van der Waals surface area contributed by atoms with Crippen molar-refractivity contribution in [1.82, 2.24) is 9.78 Å². The summed E-state index contributed by atoms with van der Waals surface area (Å²) in [5, 5.41) is 22.7. The normalized spacial score (nSPS) is 11.7. The Kier molecular flexibility index (Phi) is 6.24. The molecule has 2 N–H and O–H groups in total. The number of aryl methyl sites for hydroxylation is 1. The number of rotatable bonds is 8. The molecule has 2 rings (SSSR count). The van der Waals surface area contributed by atoms with Crippen LogP contribution in [0.5, 0.6) is 0 Å². The maximum Gasteiger partial charge on any atom is 0.280 e. The number of aliphatic hydroxyl groups is 1. The second kappa shape index (κ2) is 8.39. The molecule has 0 bridgehead atoms. The van der Waals surface area contributed by atoms with Crippen molar-refractivity contribution in [3.05, 3.63) is 56.0 Å². The van der Waals surface area contributed by atoms with Gasteiger partial charge in [0.05, 0.1) is 16.2 Å². The minimum absolute atomic E-state index is 0.0286. The number of nitro benzene ring substituents is 1. The van der Waals surface area contributed by atoms with E-state index in [9.17, 15) is 14.9 Å². The third kappa shape index (κ3) is 4.21. The van der Waals surface area contributed by atoms with Crippen molar-refractivity contribution in [2.75, 3.05) is 13.2 Å². The van der Waals surface area contributed by atoms with Gasteiger partial charge in [-0.3, -0.25) is 25.0 Å². The van der Waals surface area contributed by atoms with Crippen molar-refractivity contribution in [2.45, 2.75) is 33.1 Å². The summed E-state index contributed by atoms with van der Waals surface area (Å²) in [6.45, 7) is 4.31. The number of H-pyrrole nitrogens is 1. The molecule has 2 aromatic rings. The Hall–Kier alpha value is -2.74. The molecule has 0 aliphatic heterocycles. The first-order valence-electron chi connectivity index (χ1n) is 8.20. The second-order valence-electron chi connectivity index (χ2n) is 5.67. The molecule has 0 spiro atoms. The van der Waals surface area contributed by atoms with Crippen LogP contribution in [-0.2, 0) is 6.42 Å². The second-order valence-corrected chi connectivity index (χ2v) is 5.67. The molecule has 1 aromatic carbocycles. The summed E-state index contributed by atoms with van der Waals surface area (Å²) >= 11 is 0. The molecule has 0 aliphatic carbocycles. The van der Waals surface area contributed by atoms with E-state index in [1.54, 1.807) is 6.92 Å². The third-order valence-electron chi connectivity index (χ3n) is 3.81. The topological polar surface area (TPSA) is 114 Å². The molecule has 134 valence electrons. The van der Waals surface area contributed by atoms with Crippen LogP contribution >= 0.6 is 0 Å². The first-order valence-corrected chi connectivity index (χ1v) is 8.20. The van der Waals surface area contributed by atoms with Gasteiger partial charge in [0.1, 0.15) is 0 Å². The lowest BCUT2D eigenvalue weighted by Crippen LogP contribution is -2.20. The van der Waals surface area contributed by atoms with Gasteiger partial charge in [0.15, 0.2) is 0 Å². The average molecular weight is 346 g/mol. The van der Waals surface area contributed by atoms with Gasteiger partial charge in [0.2, 0.25) is 0 Å². The van der Waals surface area contributed by atoms with Crippen molar-refractivity contribution >= 4 is 11.4 Å². The fraction of sp³-hybridized carbons (Fsp3) is 0.412. The summed E-state index contributed by atoms with van der Waals surface area (Å²) in [6.07, 6.45) is 2.09. The maximum absolute atomic E-state index is 12.8. The van der Waals surface area contributed by atoms with E-state index in [2.05, 4.69) is 10.1 Å². The fourth-order valence-electron chi connectivity index (χ4n) is 2.59. The SMILES string of the molecule is CCCc1[nH]n(-c2ccc([N+](=O)[O-])cc2)c(=O)c1C(C)=NCCCO. The van der Waals surface area contributed by atoms with Crippen molar-refractivity contribution in [3.63, 3.8) is 0 Å². The smallest absolute Gasteiger partial charge is 0.280 e. The summed E-state index contributed by atoms with van der Waals surface area (Å²) in [6, 6.07) is 5.80. The zero-order chi connectivity index (χ0) is 18.4. The maximum atomic E-state index is 12.8. The Morgan fingerprint density at radius 2 is 2.04 bits per heavy atom. The molecule has 0 radical (unpaired) electrons. The van der Waals surface area contributed by atoms with Crippen molar-refractivity contribution < 1.29 is 10.0 Å². The van der Waals surface area contributed by atoms with E-state index in [0.717, 1.165) is 12.1 Å². The summed E-state index contributed by atoms with van der Waals surface area (Å²) in [5.41, 5.74) is 2.21. The van der Waals surface area contributed by atoms with Crippen LogP contribution < -0.4 is 5.56 Å². The predicted molar refractivity (Wildman–Crippen MR) is 95.8 cm³/mol. The standard InChI is InChI=1S/C17H22N4O4/c1-3-5-15-16(12(2)18-10-4-11-22)17(23)20(19-15)13-6-8-14(9-7-13)21(24)25/h6-9,19,22H,3-5,10-11H2,1-2H3. The van der Waals surface area contributed by atoms with Gasteiger partial charge in [-0.15, -0.1) is 0 Å². The summed E-state index contributed by atoms with van der Waals surface area (Å²) in [4.78, 5) is 27.5. The molecule has 1 heterocycles. The lowest BCUT2D eigenvalue weighted by atomic mass is 10.1. The number of aliphatic imine (C=N–C) groups is 1. The van der Waals surface area contributed by atoms with Crippen LogP contribution in [0.4, 0.5) is 5.69 Å². The van der Waals surface area contributed by atoms with Crippen molar-refractivity contribution in [1.29, 1.82) is 0 Å². The zero-order valence-electron chi connectivity index (χ0n) is 14.4.